The van der Waals surface area contributed by atoms with Crippen molar-refractivity contribution in [2.45, 2.75) is 13.2 Å². The maximum Gasteiger partial charge on any atom is 1.00 e. The van der Waals surface area contributed by atoms with Crippen LogP contribution in [0.1, 0.15) is 33.4 Å². The molecule has 0 aromatic heterocycles. The van der Waals surface area contributed by atoms with Crippen molar-refractivity contribution in [2.75, 3.05) is 42.7 Å². The minimum absolute atomic E-state index is 0. The van der Waals surface area contributed by atoms with E-state index in [1.165, 1.54) is 54.8 Å². The van der Waals surface area contributed by atoms with Crippen molar-refractivity contribution in [3.63, 3.8) is 0 Å². The normalized spacial score (nSPS) is 12.2. The number of aliphatic hydroxyl groups excluding tert-OH is 2. The van der Waals surface area contributed by atoms with Gasteiger partial charge in [-0.25, -0.2) is 4.57 Å². The minimum Gasteiger partial charge on any atom is -0.736 e. The Bertz CT molecular complexity index is 1690. The molecule has 4 rings (SSSR count). The van der Waals surface area contributed by atoms with Crippen LogP contribution >= 0.6 is 7.82 Å². The van der Waals surface area contributed by atoms with Gasteiger partial charge in [0.2, 0.25) is 5.75 Å². The Balaban J connectivity index is 0.00000676. The van der Waals surface area contributed by atoms with Gasteiger partial charge in [0.25, 0.3) is 0 Å². The van der Waals surface area contributed by atoms with Gasteiger partial charge in [0.15, 0.2) is 34.5 Å². The third kappa shape index (κ3) is 9.98. The van der Waals surface area contributed by atoms with Gasteiger partial charge in [-0.3, -0.25) is 0 Å². The average molecular weight is 717 g/mol. The van der Waals surface area contributed by atoms with E-state index < -0.39 is 7.82 Å². The number of ether oxygens (including phenoxy) is 6. The number of benzene rings is 4. The van der Waals surface area contributed by atoms with Crippen LogP contribution in [0.4, 0.5) is 0 Å². The summed E-state index contributed by atoms with van der Waals surface area (Å²) in [6.45, 7) is -0.578. The molecule has 0 saturated heterocycles. The third-order valence-corrected chi connectivity index (χ3v) is 8.13. The van der Waals surface area contributed by atoms with E-state index in [1.807, 2.05) is 0 Å². The summed E-state index contributed by atoms with van der Waals surface area (Å²) < 4.78 is 56.3. The van der Waals surface area contributed by atoms with E-state index in [1.54, 1.807) is 72.8 Å². The molecule has 2 N–H and O–H groups in total. The fourth-order valence-corrected chi connectivity index (χ4v) is 5.71. The Hall–Kier alpha value is -4.13. The molecule has 0 heterocycles. The predicted molar refractivity (Wildman–Crippen MR) is 184 cm³/mol. The van der Waals surface area contributed by atoms with Crippen molar-refractivity contribution < 1.29 is 86.7 Å². The fraction of sp³-hybridized carbons (Fsp3) is 0.222. The van der Waals surface area contributed by atoms with Gasteiger partial charge in [-0.05, 0) is 76.3 Å². The molecule has 0 aliphatic rings. The van der Waals surface area contributed by atoms with E-state index in [9.17, 15) is 19.7 Å². The predicted octanol–water partition coefficient (Wildman–Crippen LogP) is 2.99. The molecule has 260 valence electrons. The van der Waals surface area contributed by atoms with Gasteiger partial charge in [-0.1, -0.05) is 36.4 Å². The molecule has 0 spiro atoms. The summed E-state index contributed by atoms with van der Waals surface area (Å²) in [4.78, 5) is 13.2. The Morgan fingerprint density at radius 3 is 1.34 bits per heavy atom. The number of methoxy groups -OCH3 is 6. The van der Waals surface area contributed by atoms with Gasteiger partial charge in [-0.15, -0.1) is 0 Å². The van der Waals surface area contributed by atoms with Crippen molar-refractivity contribution in [1.29, 1.82) is 0 Å². The number of phosphoric acid groups is 1. The van der Waals surface area contributed by atoms with Crippen LogP contribution in [0.15, 0.2) is 60.7 Å². The van der Waals surface area contributed by atoms with Crippen molar-refractivity contribution >= 4 is 32.1 Å². The molecule has 4 aromatic carbocycles. The van der Waals surface area contributed by atoms with Gasteiger partial charge >= 0.3 is 37.4 Å². The third-order valence-electron chi connectivity index (χ3n) is 7.29. The number of phosphoric ester groups is 1. The van der Waals surface area contributed by atoms with Crippen molar-refractivity contribution in [3.05, 3.63) is 94.0 Å². The first-order valence-electron chi connectivity index (χ1n) is 14.8. The second kappa shape index (κ2) is 18.7. The van der Waals surface area contributed by atoms with Crippen LogP contribution < -0.4 is 71.9 Å². The summed E-state index contributed by atoms with van der Waals surface area (Å²) in [6, 6.07) is 16.5. The molecule has 0 aliphatic carbocycles. The summed E-state index contributed by atoms with van der Waals surface area (Å²) in [6.07, 6.45) is 6.99. The quantitative estimate of drug-likeness (QED) is 0.0996. The Morgan fingerprint density at radius 2 is 0.940 bits per heavy atom. The van der Waals surface area contributed by atoms with Gasteiger partial charge in [0, 0.05) is 5.56 Å². The van der Waals surface area contributed by atoms with Crippen LogP contribution in [-0.4, -0.2) is 52.9 Å². The summed E-state index contributed by atoms with van der Waals surface area (Å²) >= 11 is 0. The van der Waals surface area contributed by atoms with E-state index in [0.29, 0.717) is 50.8 Å². The van der Waals surface area contributed by atoms with Crippen LogP contribution in [0.5, 0.6) is 46.0 Å². The SMILES string of the molecule is COc1ccc(/C=C\c2cc(CO)c(CO)c(OC)c2)cc1OP(=O)([O-])Oc1cc(/C=C\c2cc(OC)c(OC)c(OC)c2)ccc1OC.[Na+]. The number of hydrogen-bond acceptors (Lipinski definition) is 12. The molecule has 4 aromatic rings. The number of rotatable bonds is 16. The molecule has 0 saturated carbocycles. The van der Waals surface area contributed by atoms with E-state index >= 15 is 0 Å². The largest absolute Gasteiger partial charge is 1.00 e. The molecule has 14 heteroatoms. The Labute approximate surface area is 313 Å². The van der Waals surface area contributed by atoms with Crippen LogP contribution in [0.2, 0.25) is 0 Å². The standard InChI is InChI=1S/C36H39O12P.Na/c1-41-29-13-11-23(7-9-25-15-27(21-37)28(22-38)31(18-25)43-3)16-32(29)47-49(39,40)48-33-17-24(12-14-30(33)42-2)8-10-26-19-34(44-4)36(46-6)35(20-26)45-5;/h7-20,37-38H,21-22H2,1-6H3,(H,39,40);/q;+1/p-1/b9-7-,10-8-;. The van der Waals surface area contributed by atoms with E-state index in [2.05, 4.69) is 0 Å². The summed E-state index contributed by atoms with van der Waals surface area (Å²) in [5.41, 5.74) is 3.60. The van der Waals surface area contributed by atoms with Gasteiger partial charge in [0.05, 0.1) is 55.9 Å². The summed E-state index contributed by atoms with van der Waals surface area (Å²) in [5.74, 6) is 1.96. The molecular weight excluding hydrogens is 678 g/mol. The first-order valence-corrected chi connectivity index (χ1v) is 16.2. The molecule has 0 amide bonds. The van der Waals surface area contributed by atoms with Crippen molar-refractivity contribution in [1.82, 2.24) is 0 Å². The summed E-state index contributed by atoms with van der Waals surface area (Å²) in [5, 5.41) is 19.4. The minimum atomic E-state index is -5.04. The Kier molecular flexibility index (Phi) is 15.1. The zero-order chi connectivity index (χ0) is 35.6. The summed E-state index contributed by atoms with van der Waals surface area (Å²) in [7, 11) is 3.76. The van der Waals surface area contributed by atoms with Gasteiger partial charge in [0.1, 0.15) is 5.75 Å². The maximum atomic E-state index is 13.2. The second-order valence-electron chi connectivity index (χ2n) is 10.3. The molecular formula is C36H38NaO12P. The molecule has 1 unspecified atom stereocenters. The van der Waals surface area contributed by atoms with Crippen LogP contribution in [0.3, 0.4) is 0 Å². The number of hydrogen-bond donors (Lipinski definition) is 2. The second-order valence-corrected chi connectivity index (χ2v) is 11.5. The van der Waals surface area contributed by atoms with Gasteiger partial charge in [-0.2, -0.15) is 0 Å². The monoisotopic (exact) mass is 716 g/mol. The van der Waals surface area contributed by atoms with Crippen molar-refractivity contribution in [3.8, 4) is 46.0 Å². The van der Waals surface area contributed by atoms with Gasteiger partial charge < -0.3 is 52.6 Å². The topological polar surface area (TPSA) is 154 Å². The first-order chi connectivity index (χ1) is 23.6. The maximum absolute atomic E-state index is 13.2. The molecule has 0 bridgehead atoms. The molecule has 12 nitrogen and oxygen atoms in total. The molecule has 0 aliphatic heterocycles. The van der Waals surface area contributed by atoms with Crippen LogP contribution in [0, 0.1) is 0 Å². The van der Waals surface area contributed by atoms with Crippen LogP contribution in [0.25, 0.3) is 24.3 Å². The molecule has 50 heavy (non-hydrogen) atoms. The van der Waals surface area contributed by atoms with E-state index in [-0.39, 0.29) is 65.8 Å². The molecule has 0 radical (unpaired) electrons. The van der Waals surface area contributed by atoms with Crippen LogP contribution in [-0.2, 0) is 17.8 Å². The average Bonchev–Trinajstić information content (AvgIpc) is 3.11. The first kappa shape index (κ1) is 40.3. The Morgan fingerprint density at radius 1 is 0.540 bits per heavy atom. The number of aliphatic hydroxyl groups is 2. The smallest absolute Gasteiger partial charge is 0.736 e. The van der Waals surface area contributed by atoms with E-state index in [0.717, 1.165) is 5.56 Å². The molecule has 1 atom stereocenters. The zero-order valence-electron chi connectivity index (χ0n) is 28.9. The fourth-order valence-electron chi connectivity index (χ4n) is 4.90. The molecule has 0 fully saturated rings. The zero-order valence-corrected chi connectivity index (χ0v) is 31.8. The van der Waals surface area contributed by atoms with E-state index in [4.69, 9.17) is 37.5 Å². The van der Waals surface area contributed by atoms with Crippen molar-refractivity contribution in [2.24, 2.45) is 0 Å².